The average molecular weight is 588 g/mol. The maximum atomic E-state index is 13.9. The van der Waals surface area contributed by atoms with E-state index in [1.54, 1.807) is 41.5 Å². The topological polar surface area (TPSA) is 177 Å². The van der Waals surface area contributed by atoms with Crippen LogP contribution in [-0.4, -0.2) is 83.1 Å². The molecule has 1 saturated carbocycles. The normalized spacial score (nSPS) is 23.4. The summed E-state index contributed by atoms with van der Waals surface area (Å²) >= 11 is 0. The number of nitrogens with two attached hydrogens (primary N) is 1. The van der Waals surface area contributed by atoms with Gasteiger partial charge in [-0.25, -0.2) is 13.6 Å². The van der Waals surface area contributed by atoms with Crippen molar-refractivity contribution in [3.63, 3.8) is 0 Å². The summed E-state index contributed by atoms with van der Waals surface area (Å²) < 4.78 is 33.0. The minimum Gasteiger partial charge on any atom is -0.459 e. The molecule has 2 rings (SSSR count). The number of carbonyl (C=O) groups is 6. The summed E-state index contributed by atoms with van der Waals surface area (Å²) in [6.45, 7) is 11.7. The van der Waals surface area contributed by atoms with E-state index in [-0.39, 0.29) is 31.7 Å². The maximum absolute atomic E-state index is 13.9. The first-order valence-electron chi connectivity index (χ1n) is 13.7. The van der Waals surface area contributed by atoms with Crippen LogP contribution < -0.4 is 21.7 Å². The highest BCUT2D eigenvalue weighted by molar-refractivity contribution is 6.37. The quantitative estimate of drug-likeness (QED) is 0.220. The first-order valence-corrected chi connectivity index (χ1v) is 13.7. The lowest BCUT2D eigenvalue weighted by molar-refractivity contribution is -0.153. The van der Waals surface area contributed by atoms with E-state index in [9.17, 15) is 37.5 Å². The molecule has 0 radical (unpaired) electrons. The smallest absolute Gasteiger partial charge is 0.325 e. The summed E-state index contributed by atoms with van der Waals surface area (Å²) in [5, 5.41) is 7.32. The zero-order valence-corrected chi connectivity index (χ0v) is 24.8. The molecule has 5 amide bonds. The van der Waals surface area contributed by atoms with Gasteiger partial charge in [0.05, 0.1) is 6.04 Å². The number of likely N-dealkylation sites (tertiary alicyclic amines) is 1. The van der Waals surface area contributed by atoms with Gasteiger partial charge in [0.1, 0.15) is 24.2 Å². The number of primary amides is 1. The van der Waals surface area contributed by atoms with Gasteiger partial charge in [0.2, 0.25) is 17.6 Å². The Morgan fingerprint density at radius 3 is 2.12 bits per heavy atom. The fourth-order valence-electron chi connectivity index (χ4n) is 4.88. The zero-order valence-electron chi connectivity index (χ0n) is 24.8. The van der Waals surface area contributed by atoms with E-state index in [0.717, 1.165) is 0 Å². The molecule has 1 aliphatic carbocycles. The number of rotatable bonds is 10. The molecule has 1 aliphatic heterocycles. The van der Waals surface area contributed by atoms with Crippen molar-refractivity contribution < 1.29 is 42.3 Å². The third kappa shape index (κ3) is 9.35. The van der Waals surface area contributed by atoms with Crippen molar-refractivity contribution in [2.75, 3.05) is 13.1 Å². The van der Waals surface area contributed by atoms with Crippen molar-refractivity contribution in [3.05, 3.63) is 0 Å². The van der Waals surface area contributed by atoms with Crippen LogP contribution in [0.15, 0.2) is 0 Å². The number of esters is 1. The van der Waals surface area contributed by atoms with Crippen molar-refractivity contribution in [1.82, 2.24) is 20.9 Å². The van der Waals surface area contributed by atoms with Crippen LogP contribution in [0, 0.1) is 17.3 Å². The lowest BCUT2D eigenvalue weighted by Crippen LogP contribution is -2.60. The van der Waals surface area contributed by atoms with Gasteiger partial charge in [-0.2, -0.15) is 0 Å². The van der Waals surface area contributed by atoms with Gasteiger partial charge in [-0.15, -0.1) is 0 Å². The van der Waals surface area contributed by atoms with Gasteiger partial charge < -0.3 is 31.3 Å². The molecular formula is C27H43F2N5O7. The Balaban J connectivity index is 2.17. The molecule has 0 aromatic heterocycles. The van der Waals surface area contributed by atoms with Gasteiger partial charge in [0.25, 0.3) is 11.8 Å². The number of urea groups is 1. The van der Waals surface area contributed by atoms with E-state index < -0.39 is 89.5 Å². The Labute approximate surface area is 238 Å². The molecule has 2 aliphatic rings. The molecule has 0 aromatic rings. The van der Waals surface area contributed by atoms with Crippen LogP contribution in [0.4, 0.5) is 13.6 Å². The van der Waals surface area contributed by atoms with Gasteiger partial charge in [-0.05, 0) is 51.4 Å². The summed E-state index contributed by atoms with van der Waals surface area (Å²) in [5.74, 6) is -8.94. The van der Waals surface area contributed by atoms with Crippen LogP contribution in [-0.2, 0) is 28.7 Å². The van der Waals surface area contributed by atoms with Crippen LogP contribution in [0.5, 0.6) is 0 Å². The number of amides is 5. The predicted octanol–water partition coefficient (Wildman–Crippen LogP) is 1.25. The SMILES string of the molecule is CC1C[C@@H](C(=O)NC(CC2CCC2(F)F)C(=O)C(N)=O)N(C(=O)C(NC(=O)NCC(=O)OC(C)(C)C)C(C)(C)C)C1. The van der Waals surface area contributed by atoms with Gasteiger partial charge in [0, 0.05) is 18.9 Å². The molecular weight excluding hydrogens is 544 g/mol. The number of ether oxygens (including phenoxy) is 1. The Kier molecular flexibility index (Phi) is 10.5. The Bertz CT molecular complexity index is 1050. The summed E-state index contributed by atoms with van der Waals surface area (Å²) in [7, 11) is 0. The number of alkyl halides is 2. The largest absolute Gasteiger partial charge is 0.459 e. The van der Waals surface area contributed by atoms with E-state index in [1.807, 2.05) is 6.92 Å². The minimum atomic E-state index is -3.01. The van der Waals surface area contributed by atoms with Crippen LogP contribution in [0.2, 0.25) is 0 Å². The first kappa shape index (κ1) is 33.9. The van der Waals surface area contributed by atoms with Crippen molar-refractivity contribution in [3.8, 4) is 0 Å². The van der Waals surface area contributed by atoms with E-state index in [0.29, 0.717) is 0 Å². The maximum Gasteiger partial charge on any atom is 0.325 e. The van der Waals surface area contributed by atoms with Crippen molar-refractivity contribution in [1.29, 1.82) is 0 Å². The summed E-state index contributed by atoms with van der Waals surface area (Å²) in [4.78, 5) is 76.9. The Hall–Kier alpha value is -3.32. The second-order valence-corrected chi connectivity index (χ2v) is 13.1. The highest BCUT2D eigenvalue weighted by atomic mass is 19.3. The zero-order chi connectivity index (χ0) is 31.5. The number of halogens is 2. The highest BCUT2D eigenvalue weighted by Crippen LogP contribution is 2.45. The summed E-state index contributed by atoms with van der Waals surface area (Å²) in [6, 6.07) is -4.57. The molecule has 1 heterocycles. The lowest BCUT2D eigenvalue weighted by Gasteiger charge is -2.38. The van der Waals surface area contributed by atoms with E-state index >= 15 is 0 Å². The second-order valence-electron chi connectivity index (χ2n) is 13.1. The molecule has 0 spiro atoms. The molecule has 0 aromatic carbocycles. The van der Waals surface area contributed by atoms with Crippen LogP contribution >= 0.6 is 0 Å². The third-order valence-electron chi connectivity index (χ3n) is 7.12. The Morgan fingerprint density at radius 2 is 1.66 bits per heavy atom. The molecule has 12 nitrogen and oxygen atoms in total. The number of nitrogens with one attached hydrogen (secondary N) is 3. The molecule has 14 heteroatoms. The second kappa shape index (κ2) is 12.7. The summed E-state index contributed by atoms with van der Waals surface area (Å²) in [6.07, 6.45) is -0.472. The molecule has 41 heavy (non-hydrogen) atoms. The number of carbonyl (C=O) groups excluding carboxylic acids is 6. The number of nitrogens with zero attached hydrogens (tertiary/aromatic N) is 1. The van der Waals surface area contributed by atoms with Gasteiger partial charge in [-0.3, -0.25) is 24.0 Å². The Morgan fingerprint density at radius 1 is 1.05 bits per heavy atom. The molecule has 232 valence electrons. The van der Waals surface area contributed by atoms with Crippen molar-refractivity contribution in [2.45, 2.75) is 104 Å². The van der Waals surface area contributed by atoms with Gasteiger partial charge >= 0.3 is 12.0 Å². The molecule has 5 N–H and O–H groups in total. The monoisotopic (exact) mass is 587 g/mol. The van der Waals surface area contributed by atoms with Crippen LogP contribution in [0.3, 0.4) is 0 Å². The van der Waals surface area contributed by atoms with Gasteiger partial charge in [-0.1, -0.05) is 27.7 Å². The average Bonchev–Trinajstić information content (AvgIpc) is 3.22. The minimum absolute atomic E-state index is 0.130. The van der Waals surface area contributed by atoms with Crippen LogP contribution in [0.1, 0.15) is 74.1 Å². The number of ketones is 1. The molecule has 4 unspecified atom stereocenters. The molecule has 5 atom stereocenters. The predicted molar refractivity (Wildman–Crippen MR) is 143 cm³/mol. The number of Topliss-reactive ketones (excluding diaryl/α,β-unsaturated/α-hetero) is 1. The fourth-order valence-corrected chi connectivity index (χ4v) is 4.88. The van der Waals surface area contributed by atoms with Gasteiger partial charge in [0.15, 0.2) is 0 Å². The van der Waals surface area contributed by atoms with E-state index in [1.165, 1.54) is 4.90 Å². The van der Waals surface area contributed by atoms with Crippen molar-refractivity contribution in [2.24, 2.45) is 23.0 Å². The number of hydrogen-bond acceptors (Lipinski definition) is 7. The molecule has 0 bridgehead atoms. The fraction of sp³-hybridized carbons (Fsp3) is 0.778. The standard InChI is InChI=1S/C27H43F2N5O7/c1-14-10-17(22(38)32-16(19(36)21(30)37)11-15-8-9-27(15,28)29)34(13-14)23(39)20(25(2,3)4)33-24(40)31-12-18(35)41-26(5,6)7/h14-17,20H,8-13H2,1-7H3,(H2,30,37)(H,32,38)(H2,31,33,40)/t14?,15?,16?,17-,20?/m0/s1. The van der Waals surface area contributed by atoms with Crippen LogP contribution in [0.25, 0.3) is 0 Å². The van der Waals surface area contributed by atoms with Crippen molar-refractivity contribution >= 4 is 35.5 Å². The number of hydrogen-bond donors (Lipinski definition) is 4. The molecule has 2 fully saturated rings. The van der Waals surface area contributed by atoms with E-state index in [2.05, 4.69) is 16.0 Å². The third-order valence-corrected chi connectivity index (χ3v) is 7.12. The first-order chi connectivity index (χ1) is 18.6. The van der Waals surface area contributed by atoms with E-state index in [4.69, 9.17) is 10.5 Å². The molecule has 1 saturated heterocycles. The highest BCUT2D eigenvalue weighted by Gasteiger charge is 2.50. The lowest BCUT2D eigenvalue weighted by atomic mass is 9.76. The summed E-state index contributed by atoms with van der Waals surface area (Å²) in [5.41, 5.74) is 3.53.